The molecule has 1 fully saturated rings. The Labute approximate surface area is 81.0 Å². The van der Waals surface area contributed by atoms with Crippen LogP contribution in [-0.4, -0.2) is 24.6 Å². The summed E-state index contributed by atoms with van der Waals surface area (Å²) in [6, 6.07) is 1.78. The molecular formula is C8H11N3O3. The van der Waals surface area contributed by atoms with E-state index in [1.54, 1.807) is 6.07 Å². The predicted molar refractivity (Wildman–Crippen MR) is 45.8 cm³/mol. The molecule has 1 aliphatic rings. The molecule has 0 saturated carbocycles. The number of carbonyl (C=O) groups is 2. The standard InChI is InChI=1S/C8H11N3O3/c9-4-6(14-8(10)13)3-5-1-2-11-7(5)12/h5-6H,1-3H2,(H2,10,13)(H,11,12)/t5?,6-/m0/s1. The summed E-state index contributed by atoms with van der Waals surface area (Å²) < 4.78 is 4.51. The molecule has 76 valence electrons. The molecule has 1 rings (SSSR count). The molecule has 0 aliphatic carbocycles. The van der Waals surface area contributed by atoms with Crippen molar-refractivity contribution in [2.45, 2.75) is 18.9 Å². The van der Waals surface area contributed by atoms with Crippen molar-refractivity contribution < 1.29 is 14.3 Å². The van der Waals surface area contributed by atoms with Crippen LogP contribution in [0, 0.1) is 17.2 Å². The third kappa shape index (κ3) is 2.62. The maximum absolute atomic E-state index is 11.1. The SMILES string of the molecule is N#C[C@H](CC1CCNC1=O)OC(N)=O. The minimum absolute atomic E-state index is 0.0988. The summed E-state index contributed by atoms with van der Waals surface area (Å²) >= 11 is 0. The van der Waals surface area contributed by atoms with Crippen LogP contribution in [0.15, 0.2) is 0 Å². The molecule has 0 spiro atoms. The number of hydrogen-bond donors (Lipinski definition) is 2. The van der Waals surface area contributed by atoms with Gasteiger partial charge < -0.3 is 15.8 Å². The van der Waals surface area contributed by atoms with Gasteiger partial charge in [0, 0.05) is 18.9 Å². The van der Waals surface area contributed by atoms with Gasteiger partial charge in [-0.2, -0.15) is 5.26 Å². The van der Waals surface area contributed by atoms with E-state index in [-0.39, 0.29) is 18.2 Å². The van der Waals surface area contributed by atoms with Crippen LogP contribution in [0.3, 0.4) is 0 Å². The first-order chi connectivity index (χ1) is 6.63. The summed E-state index contributed by atoms with van der Waals surface area (Å²) in [6.07, 6.45) is -1.04. The molecule has 0 aromatic rings. The molecule has 2 amide bonds. The Balaban J connectivity index is 2.44. The molecule has 1 unspecified atom stereocenters. The van der Waals surface area contributed by atoms with Gasteiger partial charge in [-0.25, -0.2) is 4.79 Å². The second-order valence-corrected chi connectivity index (χ2v) is 3.07. The van der Waals surface area contributed by atoms with Crippen molar-refractivity contribution in [3.63, 3.8) is 0 Å². The lowest BCUT2D eigenvalue weighted by molar-refractivity contribution is -0.123. The van der Waals surface area contributed by atoms with Gasteiger partial charge in [0.1, 0.15) is 6.07 Å². The van der Waals surface area contributed by atoms with Crippen molar-refractivity contribution in [1.29, 1.82) is 5.26 Å². The fraction of sp³-hybridized carbons (Fsp3) is 0.625. The van der Waals surface area contributed by atoms with Gasteiger partial charge in [0.15, 0.2) is 6.10 Å². The lowest BCUT2D eigenvalue weighted by atomic mass is 10.0. The number of amides is 2. The maximum atomic E-state index is 11.1. The quantitative estimate of drug-likeness (QED) is 0.636. The molecule has 3 N–H and O–H groups in total. The molecule has 0 bridgehead atoms. The number of nitrogens with one attached hydrogen (secondary N) is 1. The fourth-order valence-electron chi connectivity index (χ4n) is 1.40. The van der Waals surface area contributed by atoms with Crippen LogP contribution in [0.25, 0.3) is 0 Å². The average Bonchev–Trinajstić information content (AvgIpc) is 2.50. The molecule has 1 aliphatic heterocycles. The Morgan fingerprint density at radius 2 is 2.57 bits per heavy atom. The van der Waals surface area contributed by atoms with E-state index in [4.69, 9.17) is 11.0 Å². The molecule has 1 saturated heterocycles. The molecule has 2 atom stereocenters. The van der Waals surface area contributed by atoms with Gasteiger partial charge in [0.05, 0.1) is 0 Å². The topological polar surface area (TPSA) is 105 Å². The zero-order chi connectivity index (χ0) is 10.6. The Hall–Kier alpha value is -1.77. The highest BCUT2D eigenvalue weighted by Crippen LogP contribution is 2.17. The van der Waals surface area contributed by atoms with Crippen molar-refractivity contribution in [3.8, 4) is 6.07 Å². The summed E-state index contributed by atoms with van der Waals surface area (Å²) in [5.41, 5.74) is 4.77. The highest BCUT2D eigenvalue weighted by atomic mass is 16.6. The van der Waals surface area contributed by atoms with E-state index in [9.17, 15) is 9.59 Å². The molecule has 6 nitrogen and oxygen atoms in total. The second-order valence-electron chi connectivity index (χ2n) is 3.07. The first-order valence-corrected chi connectivity index (χ1v) is 4.27. The van der Waals surface area contributed by atoms with Crippen molar-refractivity contribution in [1.82, 2.24) is 5.32 Å². The Morgan fingerprint density at radius 3 is 3.00 bits per heavy atom. The Morgan fingerprint density at radius 1 is 1.86 bits per heavy atom. The van der Waals surface area contributed by atoms with Crippen LogP contribution in [0.1, 0.15) is 12.8 Å². The molecule has 0 aromatic carbocycles. The third-order valence-corrected chi connectivity index (χ3v) is 2.06. The number of carbonyl (C=O) groups excluding carboxylic acids is 2. The van der Waals surface area contributed by atoms with Gasteiger partial charge in [-0.15, -0.1) is 0 Å². The first kappa shape index (κ1) is 10.3. The summed E-state index contributed by atoms with van der Waals surface area (Å²) in [7, 11) is 0. The average molecular weight is 197 g/mol. The third-order valence-electron chi connectivity index (χ3n) is 2.06. The fourth-order valence-corrected chi connectivity index (χ4v) is 1.40. The van der Waals surface area contributed by atoms with Crippen LogP contribution in [-0.2, 0) is 9.53 Å². The van der Waals surface area contributed by atoms with Gasteiger partial charge >= 0.3 is 6.09 Å². The Bertz CT molecular complexity index is 284. The lowest BCUT2D eigenvalue weighted by Crippen LogP contribution is -2.27. The van der Waals surface area contributed by atoms with Crippen LogP contribution in [0.5, 0.6) is 0 Å². The van der Waals surface area contributed by atoms with E-state index in [1.165, 1.54) is 0 Å². The largest absolute Gasteiger partial charge is 0.431 e. The van der Waals surface area contributed by atoms with Gasteiger partial charge in [-0.1, -0.05) is 0 Å². The summed E-state index contributed by atoms with van der Waals surface area (Å²) in [4.78, 5) is 21.5. The van der Waals surface area contributed by atoms with E-state index in [2.05, 4.69) is 10.1 Å². The van der Waals surface area contributed by atoms with Crippen molar-refractivity contribution in [2.24, 2.45) is 11.7 Å². The number of nitriles is 1. The highest BCUT2D eigenvalue weighted by molar-refractivity contribution is 5.80. The number of rotatable bonds is 3. The molecule has 14 heavy (non-hydrogen) atoms. The number of hydrogen-bond acceptors (Lipinski definition) is 4. The summed E-state index contributed by atoms with van der Waals surface area (Å²) in [5.74, 6) is -0.350. The zero-order valence-electron chi connectivity index (χ0n) is 7.53. The van der Waals surface area contributed by atoms with Crippen molar-refractivity contribution >= 4 is 12.0 Å². The number of nitrogens with two attached hydrogens (primary N) is 1. The zero-order valence-corrected chi connectivity index (χ0v) is 7.53. The van der Waals surface area contributed by atoms with Gasteiger partial charge in [0.25, 0.3) is 0 Å². The van der Waals surface area contributed by atoms with E-state index in [0.29, 0.717) is 13.0 Å². The normalized spacial score (nSPS) is 22.2. The minimum atomic E-state index is -0.991. The van der Waals surface area contributed by atoms with E-state index in [0.717, 1.165) is 0 Å². The monoisotopic (exact) mass is 197 g/mol. The van der Waals surface area contributed by atoms with Crippen molar-refractivity contribution in [2.75, 3.05) is 6.54 Å². The highest BCUT2D eigenvalue weighted by Gasteiger charge is 2.28. The van der Waals surface area contributed by atoms with Gasteiger partial charge in [0.2, 0.25) is 5.91 Å². The van der Waals surface area contributed by atoms with Crippen LogP contribution in [0.4, 0.5) is 4.79 Å². The van der Waals surface area contributed by atoms with Crippen LogP contribution >= 0.6 is 0 Å². The summed E-state index contributed by atoms with van der Waals surface area (Å²) in [5, 5.41) is 11.2. The van der Waals surface area contributed by atoms with E-state index < -0.39 is 12.2 Å². The van der Waals surface area contributed by atoms with E-state index in [1.807, 2.05) is 0 Å². The number of nitrogens with zero attached hydrogens (tertiary/aromatic N) is 1. The smallest absolute Gasteiger partial charge is 0.405 e. The molecule has 6 heteroatoms. The second kappa shape index (κ2) is 4.46. The number of primary amides is 1. The predicted octanol–water partition coefficient (Wildman–Crippen LogP) is -0.500. The first-order valence-electron chi connectivity index (χ1n) is 4.27. The van der Waals surface area contributed by atoms with Crippen LogP contribution < -0.4 is 11.1 Å². The lowest BCUT2D eigenvalue weighted by Gasteiger charge is -2.11. The van der Waals surface area contributed by atoms with Crippen molar-refractivity contribution in [3.05, 3.63) is 0 Å². The Kier molecular flexibility index (Phi) is 3.29. The summed E-state index contributed by atoms with van der Waals surface area (Å²) in [6.45, 7) is 0.609. The minimum Gasteiger partial charge on any atom is -0.431 e. The number of ether oxygens (including phenoxy) is 1. The van der Waals surface area contributed by atoms with Gasteiger partial charge in [-0.3, -0.25) is 4.79 Å². The maximum Gasteiger partial charge on any atom is 0.405 e. The molecule has 0 aromatic heterocycles. The molecular weight excluding hydrogens is 186 g/mol. The van der Waals surface area contributed by atoms with E-state index >= 15 is 0 Å². The molecule has 0 radical (unpaired) electrons. The van der Waals surface area contributed by atoms with Gasteiger partial charge in [-0.05, 0) is 6.42 Å². The van der Waals surface area contributed by atoms with Crippen LogP contribution in [0.2, 0.25) is 0 Å². The molecule has 1 heterocycles.